The number of nitrogens with one attached hydrogen (secondary N) is 1. The van der Waals surface area contributed by atoms with Crippen LogP contribution in [0.4, 0.5) is 24.5 Å². The molecule has 0 aliphatic rings. The maximum absolute atomic E-state index is 12.4. The minimum absolute atomic E-state index is 0.0712. The lowest BCUT2D eigenvalue weighted by atomic mass is 10.1. The number of benzene rings is 1. The Morgan fingerprint density at radius 1 is 1.39 bits per heavy atom. The van der Waals surface area contributed by atoms with Gasteiger partial charge in [0.1, 0.15) is 0 Å². The normalized spacial score (nSPS) is 13.4. The van der Waals surface area contributed by atoms with Gasteiger partial charge in [0.25, 0.3) is 0 Å². The van der Waals surface area contributed by atoms with Gasteiger partial charge < -0.3 is 16.2 Å². The third-order valence-corrected chi connectivity index (χ3v) is 2.49. The molecule has 0 amide bonds. The van der Waals surface area contributed by atoms with Crippen molar-refractivity contribution in [1.82, 2.24) is 0 Å². The molecule has 1 rings (SSSR count). The Morgan fingerprint density at radius 3 is 2.56 bits per heavy atom. The first-order chi connectivity index (χ1) is 8.30. The van der Waals surface area contributed by atoms with Gasteiger partial charge in [0.2, 0.25) is 0 Å². The van der Waals surface area contributed by atoms with Crippen LogP contribution in [0.1, 0.15) is 25.3 Å². The minimum Gasteiger partial charge on any atom is -0.397 e. The van der Waals surface area contributed by atoms with Gasteiger partial charge in [-0.3, -0.25) is 0 Å². The molecule has 0 saturated carbocycles. The smallest absolute Gasteiger partial charge is 0.397 e. The first-order valence-electron chi connectivity index (χ1n) is 5.69. The van der Waals surface area contributed by atoms with E-state index in [1.54, 1.807) is 6.92 Å². The first-order valence-corrected chi connectivity index (χ1v) is 5.69. The van der Waals surface area contributed by atoms with Gasteiger partial charge >= 0.3 is 6.18 Å². The molecule has 0 radical (unpaired) electrons. The Labute approximate surface area is 104 Å². The Bertz CT molecular complexity index is 391. The van der Waals surface area contributed by atoms with Crippen LogP contribution in [0.25, 0.3) is 0 Å². The van der Waals surface area contributed by atoms with E-state index in [0.29, 0.717) is 18.7 Å². The van der Waals surface area contributed by atoms with Gasteiger partial charge in [-0.25, -0.2) is 0 Å². The van der Waals surface area contributed by atoms with Gasteiger partial charge in [-0.05, 0) is 38.0 Å². The number of hydrogen-bond acceptors (Lipinski definition) is 3. The van der Waals surface area contributed by atoms with Gasteiger partial charge in [-0.2, -0.15) is 13.2 Å². The monoisotopic (exact) mass is 262 g/mol. The average Bonchev–Trinajstić information content (AvgIpc) is 2.24. The Morgan fingerprint density at radius 2 is 2.06 bits per heavy atom. The summed E-state index contributed by atoms with van der Waals surface area (Å²) in [6.07, 6.45) is -3.40. The number of alkyl halides is 3. The summed E-state index contributed by atoms with van der Waals surface area (Å²) < 4.78 is 37.2. The molecule has 0 saturated heterocycles. The van der Waals surface area contributed by atoms with Crippen molar-refractivity contribution in [1.29, 1.82) is 0 Å². The molecule has 0 aliphatic heterocycles. The van der Waals surface area contributed by atoms with E-state index in [-0.39, 0.29) is 11.8 Å². The maximum atomic E-state index is 12.4. The van der Waals surface area contributed by atoms with Crippen molar-refractivity contribution >= 4 is 11.4 Å². The molecule has 0 heterocycles. The summed E-state index contributed by atoms with van der Waals surface area (Å²) in [7, 11) is 0. The van der Waals surface area contributed by atoms with E-state index in [2.05, 4.69) is 5.32 Å². The molecule has 0 fully saturated rings. The lowest BCUT2D eigenvalue weighted by Crippen LogP contribution is -2.10. The highest BCUT2D eigenvalue weighted by Gasteiger charge is 2.30. The Balaban J connectivity index is 2.58. The maximum Gasteiger partial charge on any atom is 0.416 e. The van der Waals surface area contributed by atoms with E-state index in [0.717, 1.165) is 18.6 Å². The third-order valence-electron chi connectivity index (χ3n) is 2.49. The third kappa shape index (κ3) is 4.44. The second-order valence-corrected chi connectivity index (χ2v) is 4.22. The van der Waals surface area contributed by atoms with Crippen LogP contribution in [-0.2, 0) is 6.18 Å². The van der Waals surface area contributed by atoms with Crippen LogP contribution >= 0.6 is 0 Å². The number of aliphatic hydroxyl groups excluding tert-OH is 1. The zero-order valence-corrected chi connectivity index (χ0v) is 10.1. The molecule has 1 aromatic carbocycles. The molecule has 18 heavy (non-hydrogen) atoms. The second kappa shape index (κ2) is 5.95. The van der Waals surface area contributed by atoms with Gasteiger partial charge in [-0.15, -0.1) is 0 Å². The van der Waals surface area contributed by atoms with Crippen molar-refractivity contribution in [3.63, 3.8) is 0 Å². The number of nitrogens with two attached hydrogens (primary N) is 1. The van der Waals surface area contributed by atoms with Gasteiger partial charge in [-0.1, -0.05) is 0 Å². The van der Waals surface area contributed by atoms with E-state index in [1.165, 1.54) is 6.07 Å². The fraction of sp³-hybridized carbons (Fsp3) is 0.500. The van der Waals surface area contributed by atoms with E-state index in [1.807, 2.05) is 0 Å². The highest BCUT2D eigenvalue weighted by molar-refractivity contribution is 5.67. The van der Waals surface area contributed by atoms with Crippen LogP contribution in [0.3, 0.4) is 0 Å². The number of anilines is 2. The zero-order chi connectivity index (χ0) is 13.8. The number of aliphatic hydroxyl groups is 1. The highest BCUT2D eigenvalue weighted by atomic mass is 19.4. The van der Waals surface area contributed by atoms with Crippen molar-refractivity contribution in [3.8, 4) is 0 Å². The van der Waals surface area contributed by atoms with Crippen LogP contribution in [-0.4, -0.2) is 17.8 Å². The summed E-state index contributed by atoms with van der Waals surface area (Å²) >= 11 is 0. The first kappa shape index (κ1) is 14.6. The SMILES string of the molecule is CC(O)CCCNc1ccc(C(F)(F)F)cc1N. The van der Waals surface area contributed by atoms with Crippen LogP contribution in [0.5, 0.6) is 0 Å². The fourth-order valence-electron chi connectivity index (χ4n) is 1.52. The molecule has 3 nitrogen and oxygen atoms in total. The topological polar surface area (TPSA) is 58.3 Å². The summed E-state index contributed by atoms with van der Waals surface area (Å²) in [5.41, 5.74) is 5.34. The molecule has 0 aromatic heterocycles. The molecular weight excluding hydrogens is 245 g/mol. The fourth-order valence-corrected chi connectivity index (χ4v) is 1.52. The number of halogens is 3. The molecule has 0 aliphatic carbocycles. The Kier molecular flexibility index (Phi) is 4.84. The van der Waals surface area contributed by atoms with Gasteiger partial charge in [0.05, 0.1) is 23.0 Å². The largest absolute Gasteiger partial charge is 0.416 e. The standard InChI is InChI=1S/C12H17F3N2O/c1-8(18)3-2-6-17-11-5-4-9(7-10(11)16)12(13,14)15/h4-5,7-8,17-18H,2-3,6,16H2,1H3. The number of hydrogen-bond donors (Lipinski definition) is 3. The lowest BCUT2D eigenvalue weighted by Gasteiger charge is -2.12. The summed E-state index contributed by atoms with van der Waals surface area (Å²) in [5.74, 6) is 0. The van der Waals surface area contributed by atoms with E-state index < -0.39 is 11.7 Å². The van der Waals surface area contributed by atoms with Crippen molar-refractivity contribution < 1.29 is 18.3 Å². The molecular formula is C12H17F3N2O. The van der Waals surface area contributed by atoms with E-state index in [4.69, 9.17) is 10.8 Å². The molecule has 0 bridgehead atoms. The molecule has 1 unspecified atom stereocenters. The lowest BCUT2D eigenvalue weighted by molar-refractivity contribution is -0.137. The zero-order valence-electron chi connectivity index (χ0n) is 10.1. The van der Waals surface area contributed by atoms with Crippen molar-refractivity contribution in [2.75, 3.05) is 17.6 Å². The van der Waals surface area contributed by atoms with E-state index in [9.17, 15) is 13.2 Å². The minimum atomic E-state index is -4.38. The highest BCUT2D eigenvalue weighted by Crippen LogP contribution is 2.32. The predicted molar refractivity (Wildman–Crippen MR) is 65.3 cm³/mol. The van der Waals surface area contributed by atoms with Gasteiger partial charge in [0, 0.05) is 6.54 Å². The van der Waals surface area contributed by atoms with Crippen LogP contribution < -0.4 is 11.1 Å². The van der Waals surface area contributed by atoms with Crippen molar-refractivity contribution in [3.05, 3.63) is 23.8 Å². The quantitative estimate of drug-likeness (QED) is 0.565. The van der Waals surface area contributed by atoms with Crippen molar-refractivity contribution in [2.24, 2.45) is 0 Å². The molecule has 1 atom stereocenters. The van der Waals surface area contributed by atoms with Crippen LogP contribution in [0.2, 0.25) is 0 Å². The summed E-state index contributed by atoms with van der Waals surface area (Å²) in [6.45, 7) is 2.24. The van der Waals surface area contributed by atoms with Crippen LogP contribution in [0, 0.1) is 0 Å². The summed E-state index contributed by atoms with van der Waals surface area (Å²) in [6, 6.07) is 3.23. The van der Waals surface area contributed by atoms with Crippen molar-refractivity contribution in [2.45, 2.75) is 32.0 Å². The van der Waals surface area contributed by atoms with Crippen LogP contribution in [0.15, 0.2) is 18.2 Å². The number of rotatable bonds is 5. The average molecular weight is 262 g/mol. The summed E-state index contributed by atoms with van der Waals surface area (Å²) in [4.78, 5) is 0. The predicted octanol–water partition coefficient (Wildman–Crippen LogP) is 2.86. The summed E-state index contributed by atoms with van der Waals surface area (Å²) in [5, 5.41) is 12.0. The van der Waals surface area contributed by atoms with E-state index >= 15 is 0 Å². The molecule has 4 N–H and O–H groups in total. The Hall–Kier alpha value is -1.43. The number of nitrogen functional groups attached to an aromatic ring is 1. The van der Waals surface area contributed by atoms with Gasteiger partial charge in [0.15, 0.2) is 0 Å². The second-order valence-electron chi connectivity index (χ2n) is 4.22. The molecule has 102 valence electrons. The molecule has 6 heteroatoms. The molecule has 1 aromatic rings. The molecule has 0 spiro atoms.